The third-order valence-electron chi connectivity index (χ3n) is 3.92. The van der Waals surface area contributed by atoms with Gasteiger partial charge in [0.15, 0.2) is 0 Å². The quantitative estimate of drug-likeness (QED) is 0.775. The summed E-state index contributed by atoms with van der Waals surface area (Å²) in [6.45, 7) is 9.37. The van der Waals surface area contributed by atoms with E-state index < -0.39 is 10.0 Å². The Labute approximate surface area is 129 Å². The number of benzene rings is 1. The largest absolute Gasteiger partial charge is 0.316 e. The van der Waals surface area contributed by atoms with Crippen LogP contribution in [0.1, 0.15) is 38.8 Å². The second-order valence-corrected chi connectivity index (χ2v) is 7.63. The highest BCUT2D eigenvalue weighted by molar-refractivity contribution is 7.89. The fourth-order valence-corrected chi connectivity index (χ4v) is 3.51. The topological polar surface area (TPSA) is 58.2 Å². The van der Waals surface area contributed by atoms with Crippen LogP contribution in [-0.4, -0.2) is 22.0 Å². The summed E-state index contributed by atoms with van der Waals surface area (Å²) in [5.74, 6) is 0.763. The summed E-state index contributed by atoms with van der Waals surface area (Å²) < 4.78 is 27.9. The van der Waals surface area contributed by atoms with Crippen molar-refractivity contribution in [3.8, 4) is 0 Å². The maximum absolute atomic E-state index is 12.6. The van der Waals surface area contributed by atoms with Crippen LogP contribution in [-0.2, 0) is 23.0 Å². The van der Waals surface area contributed by atoms with Crippen LogP contribution in [0.3, 0.4) is 0 Å². The minimum absolute atomic E-state index is 0.311. The maximum Gasteiger partial charge on any atom is 0.240 e. The molecule has 0 amide bonds. The lowest BCUT2D eigenvalue weighted by Gasteiger charge is -2.17. The van der Waals surface area contributed by atoms with Gasteiger partial charge in [0.1, 0.15) is 0 Å². The highest BCUT2D eigenvalue weighted by Crippen LogP contribution is 2.19. The summed E-state index contributed by atoms with van der Waals surface area (Å²) in [4.78, 5) is 0.411. The summed E-state index contributed by atoms with van der Waals surface area (Å²) in [7, 11) is -1.60. The SMILES string of the molecule is CCc1ccc(CNC)cc1S(=O)(=O)NCC(C)C(C)C. The summed E-state index contributed by atoms with van der Waals surface area (Å²) >= 11 is 0. The monoisotopic (exact) mass is 312 g/mol. The van der Waals surface area contributed by atoms with Crippen LogP contribution in [0.2, 0.25) is 0 Å². The van der Waals surface area contributed by atoms with Gasteiger partial charge in [0.25, 0.3) is 0 Å². The lowest BCUT2D eigenvalue weighted by molar-refractivity contribution is 0.414. The van der Waals surface area contributed by atoms with Crippen molar-refractivity contribution in [1.29, 1.82) is 0 Å². The second-order valence-electron chi connectivity index (χ2n) is 5.90. The molecule has 0 saturated heterocycles. The first-order valence-electron chi connectivity index (χ1n) is 7.57. The van der Waals surface area contributed by atoms with E-state index in [1.807, 2.05) is 26.1 Å². The van der Waals surface area contributed by atoms with E-state index in [9.17, 15) is 8.42 Å². The molecule has 0 radical (unpaired) electrons. The number of hydrogen-bond acceptors (Lipinski definition) is 3. The van der Waals surface area contributed by atoms with Crippen molar-refractivity contribution in [3.63, 3.8) is 0 Å². The molecule has 1 atom stereocenters. The second kappa shape index (κ2) is 7.92. The van der Waals surface area contributed by atoms with Crippen molar-refractivity contribution in [2.24, 2.45) is 11.8 Å². The zero-order chi connectivity index (χ0) is 16.0. The van der Waals surface area contributed by atoms with Crippen LogP contribution in [0.4, 0.5) is 0 Å². The molecule has 1 rings (SSSR count). The van der Waals surface area contributed by atoms with E-state index in [1.54, 1.807) is 6.07 Å². The molecule has 0 saturated carbocycles. The fourth-order valence-electron chi connectivity index (χ4n) is 2.01. The summed E-state index contributed by atoms with van der Waals surface area (Å²) in [6, 6.07) is 5.66. The normalized spacial score (nSPS) is 13.6. The lowest BCUT2D eigenvalue weighted by Crippen LogP contribution is -2.31. The van der Waals surface area contributed by atoms with E-state index >= 15 is 0 Å². The third kappa shape index (κ3) is 5.09. The van der Waals surface area contributed by atoms with Gasteiger partial charge >= 0.3 is 0 Å². The van der Waals surface area contributed by atoms with Gasteiger partial charge < -0.3 is 5.32 Å². The van der Waals surface area contributed by atoms with Gasteiger partial charge in [0.05, 0.1) is 4.90 Å². The molecule has 21 heavy (non-hydrogen) atoms. The van der Waals surface area contributed by atoms with Crippen LogP contribution in [0.15, 0.2) is 23.1 Å². The number of nitrogens with one attached hydrogen (secondary N) is 2. The highest BCUT2D eigenvalue weighted by atomic mass is 32.2. The van der Waals surface area contributed by atoms with Gasteiger partial charge in [-0.3, -0.25) is 0 Å². The molecule has 1 aromatic carbocycles. The van der Waals surface area contributed by atoms with Gasteiger partial charge in [-0.25, -0.2) is 13.1 Å². The Morgan fingerprint density at radius 2 is 1.86 bits per heavy atom. The van der Waals surface area contributed by atoms with Crippen molar-refractivity contribution in [3.05, 3.63) is 29.3 Å². The zero-order valence-electron chi connectivity index (χ0n) is 13.7. The van der Waals surface area contributed by atoms with Gasteiger partial charge in [0, 0.05) is 13.1 Å². The van der Waals surface area contributed by atoms with Gasteiger partial charge in [-0.05, 0) is 42.5 Å². The summed E-state index contributed by atoms with van der Waals surface area (Å²) in [5.41, 5.74) is 1.84. The van der Waals surface area contributed by atoms with E-state index in [0.717, 1.165) is 11.1 Å². The minimum atomic E-state index is -3.45. The average molecular weight is 312 g/mol. The van der Waals surface area contributed by atoms with Crippen LogP contribution in [0, 0.1) is 11.8 Å². The van der Waals surface area contributed by atoms with E-state index in [4.69, 9.17) is 0 Å². The molecule has 5 heteroatoms. The first-order chi connectivity index (χ1) is 9.81. The Bertz CT molecular complexity index is 553. The third-order valence-corrected chi connectivity index (χ3v) is 5.42. The predicted octanol–water partition coefficient (Wildman–Crippen LogP) is 2.54. The van der Waals surface area contributed by atoms with Crippen molar-refractivity contribution >= 4 is 10.0 Å². The van der Waals surface area contributed by atoms with Crippen LogP contribution in [0.5, 0.6) is 0 Å². The van der Waals surface area contributed by atoms with Crippen molar-refractivity contribution in [2.75, 3.05) is 13.6 Å². The Morgan fingerprint density at radius 3 is 2.38 bits per heavy atom. The molecule has 1 unspecified atom stereocenters. The van der Waals surface area contributed by atoms with Crippen LogP contribution < -0.4 is 10.0 Å². The Kier molecular flexibility index (Phi) is 6.84. The maximum atomic E-state index is 12.6. The molecule has 0 fully saturated rings. The molecule has 0 aliphatic carbocycles. The number of sulfonamides is 1. The van der Waals surface area contributed by atoms with E-state index in [-0.39, 0.29) is 0 Å². The predicted molar refractivity (Wildman–Crippen MR) is 87.8 cm³/mol. The molecule has 1 aromatic rings. The minimum Gasteiger partial charge on any atom is -0.316 e. The first-order valence-corrected chi connectivity index (χ1v) is 9.06. The van der Waals surface area contributed by atoms with Gasteiger partial charge in [-0.2, -0.15) is 0 Å². The number of aryl methyl sites for hydroxylation is 1. The average Bonchev–Trinajstić information content (AvgIpc) is 2.45. The highest BCUT2D eigenvalue weighted by Gasteiger charge is 2.19. The molecular formula is C16H28N2O2S. The number of hydrogen-bond donors (Lipinski definition) is 2. The van der Waals surface area contributed by atoms with Crippen molar-refractivity contribution in [2.45, 2.75) is 45.6 Å². The molecule has 0 aliphatic heterocycles. The smallest absolute Gasteiger partial charge is 0.240 e. The summed E-state index contributed by atoms with van der Waals surface area (Å²) in [6.07, 6.45) is 0.704. The van der Waals surface area contributed by atoms with Crippen molar-refractivity contribution in [1.82, 2.24) is 10.0 Å². The Hall–Kier alpha value is -0.910. The molecule has 0 aliphatic rings. The van der Waals surface area contributed by atoms with Crippen LogP contribution >= 0.6 is 0 Å². The molecule has 0 heterocycles. The van der Waals surface area contributed by atoms with Gasteiger partial charge in [0.2, 0.25) is 10.0 Å². The Balaban J connectivity index is 3.02. The zero-order valence-corrected chi connectivity index (χ0v) is 14.5. The van der Waals surface area contributed by atoms with Crippen LogP contribution in [0.25, 0.3) is 0 Å². The van der Waals surface area contributed by atoms with E-state index in [1.165, 1.54) is 0 Å². The molecular weight excluding hydrogens is 284 g/mol. The fraction of sp³-hybridized carbons (Fsp3) is 0.625. The van der Waals surface area contributed by atoms with E-state index in [0.29, 0.717) is 36.2 Å². The standard InChI is InChI=1S/C16H28N2O2S/c1-6-15-8-7-14(11-17-5)9-16(15)21(19,20)18-10-13(4)12(2)3/h7-9,12-13,17-18H,6,10-11H2,1-5H3. The molecule has 0 aromatic heterocycles. The van der Waals surface area contributed by atoms with Crippen molar-refractivity contribution < 1.29 is 8.42 Å². The molecule has 4 nitrogen and oxygen atoms in total. The lowest BCUT2D eigenvalue weighted by atomic mass is 9.99. The molecule has 0 bridgehead atoms. The molecule has 2 N–H and O–H groups in total. The Morgan fingerprint density at radius 1 is 1.19 bits per heavy atom. The van der Waals surface area contributed by atoms with Gasteiger partial charge in [-0.15, -0.1) is 0 Å². The molecule has 0 spiro atoms. The van der Waals surface area contributed by atoms with Gasteiger partial charge in [-0.1, -0.05) is 39.8 Å². The summed E-state index contributed by atoms with van der Waals surface area (Å²) in [5, 5.41) is 3.05. The molecule has 120 valence electrons. The number of rotatable bonds is 8. The first kappa shape index (κ1) is 18.1. The van der Waals surface area contributed by atoms with E-state index in [2.05, 4.69) is 30.8 Å².